The van der Waals surface area contributed by atoms with Crippen LogP contribution in [-0.4, -0.2) is 43.1 Å². The van der Waals surface area contributed by atoms with Crippen LogP contribution in [0, 0.1) is 5.92 Å². The number of hydrogen-bond acceptors (Lipinski definition) is 4. The molecule has 16 heavy (non-hydrogen) atoms. The lowest BCUT2D eigenvalue weighted by atomic mass is 9.92. The van der Waals surface area contributed by atoms with Gasteiger partial charge in [0, 0.05) is 26.3 Å². The summed E-state index contributed by atoms with van der Waals surface area (Å²) in [5.74, 6) is 0.370. The van der Waals surface area contributed by atoms with Crippen molar-refractivity contribution >= 4 is 0 Å². The highest BCUT2D eigenvalue weighted by atomic mass is 16.5. The van der Waals surface area contributed by atoms with Crippen molar-refractivity contribution in [3.8, 4) is 0 Å². The summed E-state index contributed by atoms with van der Waals surface area (Å²) < 4.78 is 5.38. The third kappa shape index (κ3) is 2.94. The second-order valence-electron chi connectivity index (χ2n) is 5.12. The molecule has 4 atom stereocenters. The van der Waals surface area contributed by atoms with Gasteiger partial charge in [-0.15, -0.1) is 0 Å². The van der Waals surface area contributed by atoms with Gasteiger partial charge in [0.05, 0.1) is 11.6 Å². The van der Waals surface area contributed by atoms with Crippen molar-refractivity contribution in [1.29, 1.82) is 0 Å². The number of rotatable bonds is 6. The molecule has 4 N–H and O–H groups in total. The average molecular weight is 230 g/mol. The SMILES string of the molecule is COC(C)C(C)(CN)NC1CCCC1CO. The number of aliphatic hydroxyl groups excluding tert-OH is 1. The van der Waals surface area contributed by atoms with Crippen molar-refractivity contribution in [2.75, 3.05) is 20.3 Å². The summed E-state index contributed by atoms with van der Waals surface area (Å²) in [5.41, 5.74) is 5.63. The van der Waals surface area contributed by atoms with E-state index in [1.807, 2.05) is 6.92 Å². The number of nitrogens with one attached hydrogen (secondary N) is 1. The van der Waals surface area contributed by atoms with Crippen LogP contribution in [0.4, 0.5) is 0 Å². The first-order chi connectivity index (χ1) is 7.57. The minimum absolute atomic E-state index is 0.0671. The zero-order valence-electron chi connectivity index (χ0n) is 10.7. The first-order valence-corrected chi connectivity index (χ1v) is 6.18. The Morgan fingerprint density at radius 1 is 1.56 bits per heavy atom. The van der Waals surface area contributed by atoms with Crippen LogP contribution in [0.5, 0.6) is 0 Å². The molecule has 0 bridgehead atoms. The van der Waals surface area contributed by atoms with Gasteiger partial charge in [-0.05, 0) is 32.6 Å². The molecule has 0 aliphatic heterocycles. The average Bonchev–Trinajstić information content (AvgIpc) is 2.74. The number of aliphatic hydroxyl groups is 1. The molecule has 0 saturated heterocycles. The molecule has 0 heterocycles. The van der Waals surface area contributed by atoms with Gasteiger partial charge in [0.25, 0.3) is 0 Å². The van der Waals surface area contributed by atoms with Crippen molar-refractivity contribution in [3.05, 3.63) is 0 Å². The fraction of sp³-hybridized carbons (Fsp3) is 1.00. The number of nitrogens with two attached hydrogens (primary N) is 1. The number of methoxy groups -OCH3 is 1. The highest BCUT2D eigenvalue weighted by molar-refractivity contribution is 4.96. The highest BCUT2D eigenvalue weighted by Gasteiger charge is 2.36. The van der Waals surface area contributed by atoms with Crippen LogP contribution in [0.15, 0.2) is 0 Å². The fourth-order valence-electron chi connectivity index (χ4n) is 2.47. The zero-order chi connectivity index (χ0) is 12.2. The molecule has 0 aromatic heterocycles. The monoisotopic (exact) mass is 230 g/mol. The van der Waals surface area contributed by atoms with Gasteiger partial charge in [-0.1, -0.05) is 6.42 Å². The summed E-state index contributed by atoms with van der Waals surface area (Å²) in [6.45, 7) is 4.92. The molecule has 1 aliphatic carbocycles. The number of hydrogen-bond donors (Lipinski definition) is 3. The molecule has 0 aromatic rings. The molecule has 0 amide bonds. The highest BCUT2D eigenvalue weighted by Crippen LogP contribution is 2.27. The van der Waals surface area contributed by atoms with E-state index in [0.717, 1.165) is 12.8 Å². The first-order valence-electron chi connectivity index (χ1n) is 6.18. The third-order valence-electron chi connectivity index (χ3n) is 4.08. The Labute approximate surface area is 98.5 Å². The van der Waals surface area contributed by atoms with Gasteiger partial charge in [-0.25, -0.2) is 0 Å². The van der Waals surface area contributed by atoms with E-state index in [4.69, 9.17) is 10.5 Å². The van der Waals surface area contributed by atoms with Crippen LogP contribution in [0.25, 0.3) is 0 Å². The maximum Gasteiger partial charge on any atom is 0.0734 e. The largest absolute Gasteiger partial charge is 0.396 e. The molecular formula is C12H26N2O2. The zero-order valence-corrected chi connectivity index (χ0v) is 10.7. The van der Waals surface area contributed by atoms with Gasteiger partial charge in [-0.2, -0.15) is 0 Å². The van der Waals surface area contributed by atoms with Crippen LogP contribution in [0.1, 0.15) is 33.1 Å². The summed E-state index contributed by atoms with van der Waals surface area (Å²) in [6.07, 6.45) is 3.48. The van der Waals surface area contributed by atoms with E-state index in [0.29, 0.717) is 18.5 Å². The maximum atomic E-state index is 9.30. The molecule has 4 unspecified atom stereocenters. The van der Waals surface area contributed by atoms with E-state index in [9.17, 15) is 5.11 Å². The minimum Gasteiger partial charge on any atom is -0.396 e. The molecule has 1 fully saturated rings. The maximum absolute atomic E-state index is 9.30. The lowest BCUT2D eigenvalue weighted by molar-refractivity contribution is 0.0308. The third-order valence-corrected chi connectivity index (χ3v) is 4.08. The van der Waals surface area contributed by atoms with Gasteiger partial charge in [0.15, 0.2) is 0 Å². The molecule has 0 radical (unpaired) electrons. The fourth-order valence-corrected chi connectivity index (χ4v) is 2.47. The second kappa shape index (κ2) is 5.96. The molecular weight excluding hydrogens is 204 g/mol. The van der Waals surface area contributed by atoms with E-state index in [1.54, 1.807) is 7.11 Å². The van der Waals surface area contributed by atoms with Crippen molar-refractivity contribution in [1.82, 2.24) is 5.32 Å². The Hall–Kier alpha value is -0.160. The first kappa shape index (κ1) is 13.9. The summed E-state index contributed by atoms with van der Waals surface area (Å²) >= 11 is 0. The van der Waals surface area contributed by atoms with Crippen LogP contribution in [0.2, 0.25) is 0 Å². The van der Waals surface area contributed by atoms with Crippen LogP contribution in [0.3, 0.4) is 0 Å². The van der Waals surface area contributed by atoms with Crippen LogP contribution >= 0.6 is 0 Å². The van der Waals surface area contributed by atoms with E-state index >= 15 is 0 Å². The molecule has 1 rings (SSSR count). The molecule has 1 saturated carbocycles. The lowest BCUT2D eigenvalue weighted by Crippen LogP contribution is -2.60. The predicted octanol–water partition coefficient (Wildman–Crippen LogP) is 0.489. The van der Waals surface area contributed by atoms with Crippen LogP contribution < -0.4 is 11.1 Å². The summed E-state index contributed by atoms with van der Waals surface area (Å²) in [6, 6.07) is 0.371. The second-order valence-corrected chi connectivity index (χ2v) is 5.12. The standard InChI is InChI=1S/C12H26N2O2/c1-9(16-3)12(2,8-13)14-11-6-4-5-10(11)7-15/h9-11,14-15H,4-8,13H2,1-3H3. The molecule has 0 spiro atoms. The normalized spacial score (nSPS) is 31.3. The Morgan fingerprint density at radius 2 is 2.25 bits per heavy atom. The summed E-state index contributed by atoms with van der Waals surface area (Å²) in [7, 11) is 1.71. The quantitative estimate of drug-likeness (QED) is 0.621. The van der Waals surface area contributed by atoms with Gasteiger partial charge >= 0.3 is 0 Å². The van der Waals surface area contributed by atoms with Gasteiger partial charge in [-0.3, -0.25) is 0 Å². The molecule has 4 nitrogen and oxygen atoms in total. The molecule has 96 valence electrons. The van der Waals surface area contributed by atoms with Crippen LogP contribution in [-0.2, 0) is 4.74 Å². The Morgan fingerprint density at radius 3 is 2.75 bits per heavy atom. The van der Waals surface area contributed by atoms with E-state index in [-0.39, 0.29) is 18.2 Å². The van der Waals surface area contributed by atoms with E-state index in [1.165, 1.54) is 6.42 Å². The van der Waals surface area contributed by atoms with Gasteiger partial charge < -0.3 is 20.9 Å². The van der Waals surface area contributed by atoms with Crippen molar-refractivity contribution in [3.63, 3.8) is 0 Å². The topological polar surface area (TPSA) is 67.5 Å². The van der Waals surface area contributed by atoms with Crippen molar-refractivity contribution in [2.24, 2.45) is 11.7 Å². The summed E-state index contributed by atoms with van der Waals surface area (Å²) in [5, 5.41) is 12.9. The summed E-state index contributed by atoms with van der Waals surface area (Å²) in [4.78, 5) is 0. The smallest absolute Gasteiger partial charge is 0.0734 e. The van der Waals surface area contributed by atoms with Crippen molar-refractivity contribution in [2.45, 2.75) is 50.8 Å². The minimum atomic E-state index is -0.211. The Bertz CT molecular complexity index is 213. The van der Waals surface area contributed by atoms with Gasteiger partial charge in [0.1, 0.15) is 0 Å². The predicted molar refractivity (Wildman–Crippen MR) is 65.3 cm³/mol. The Kier molecular flexibility index (Phi) is 5.18. The molecule has 4 heteroatoms. The lowest BCUT2D eigenvalue weighted by Gasteiger charge is -2.38. The van der Waals surface area contributed by atoms with Gasteiger partial charge in [0.2, 0.25) is 0 Å². The molecule has 0 aromatic carbocycles. The van der Waals surface area contributed by atoms with Crippen molar-refractivity contribution < 1.29 is 9.84 Å². The van der Waals surface area contributed by atoms with E-state index in [2.05, 4.69) is 12.2 Å². The molecule has 1 aliphatic rings. The Balaban J connectivity index is 2.61. The van der Waals surface area contributed by atoms with E-state index < -0.39 is 0 Å². The number of ether oxygens (including phenoxy) is 1.